The monoisotopic (exact) mass is 654 g/mol. The second-order valence-electron chi connectivity index (χ2n) is 11.6. The van der Waals surface area contributed by atoms with E-state index in [1.54, 1.807) is 48.5 Å². The van der Waals surface area contributed by atoms with E-state index in [1.165, 1.54) is 40.6 Å². The Bertz CT molecular complexity index is 1570. The first kappa shape index (κ1) is 33.0. The maximum atomic E-state index is 13.5. The van der Waals surface area contributed by atoms with Crippen LogP contribution in [0, 0.1) is 5.92 Å². The maximum absolute atomic E-state index is 13.5. The summed E-state index contributed by atoms with van der Waals surface area (Å²) in [6.07, 6.45) is -6.03. The van der Waals surface area contributed by atoms with E-state index in [1.807, 2.05) is 6.07 Å². The first-order valence-electron chi connectivity index (χ1n) is 15.0. The fraction of sp³-hybridized carbons (Fsp3) is 0.441. The van der Waals surface area contributed by atoms with Gasteiger partial charge in [-0.1, -0.05) is 42.5 Å². The highest BCUT2D eigenvalue weighted by molar-refractivity contribution is 5.78. The van der Waals surface area contributed by atoms with Crippen LogP contribution in [-0.4, -0.2) is 98.9 Å². The molecule has 0 bridgehead atoms. The Hall–Kier alpha value is -3.95. The largest absolute Gasteiger partial charge is 0.497 e. The van der Waals surface area contributed by atoms with E-state index in [2.05, 4.69) is 0 Å². The normalized spacial score (nSPS) is 31.7. The molecule has 1 aliphatic carbocycles. The van der Waals surface area contributed by atoms with Crippen molar-refractivity contribution in [3.8, 4) is 23.0 Å². The summed E-state index contributed by atoms with van der Waals surface area (Å²) < 4.78 is 46.2. The Morgan fingerprint density at radius 3 is 2.32 bits per heavy atom. The molecule has 2 heterocycles. The van der Waals surface area contributed by atoms with Gasteiger partial charge in [0.15, 0.2) is 11.2 Å². The van der Waals surface area contributed by atoms with Crippen LogP contribution in [0.25, 0.3) is 0 Å². The highest BCUT2D eigenvalue weighted by Gasteiger charge is 2.78. The van der Waals surface area contributed by atoms with Gasteiger partial charge in [0.25, 0.3) is 6.29 Å². The molecule has 3 aliphatic rings. The fourth-order valence-electron chi connectivity index (χ4n) is 7.11. The molecule has 47 heavy (non-hydrogen) atoms. The third-order valence-electron chi connectivity index (χ3n) is 9.25. The van der Waals surface area contributed by atoms with Crippen LogP contribution < -0.4 is 18.9 Å². The average Bonchev–Trinajstić information content (AvgIpc) is 3.49. The summed E-state index contributed by atoms with van der Waals surface area (Å²) >= 11 is 0. The van der Waals surface area contributed by atoms with E-state index in [9.17, 15) is 25.2 Å². The first-order chi connectivity index (χ1) is 22.7. The Balaban J connectivity index is 1.52. The number of methoxy groups -OCH3 is 4. The van der Waals surface area contributed by atoms with Crippen LogP contribution in [0.1, 0.15) is 22.6 Å². The fourth-order valence-corrected chi connectivity index (χ4v) is 7.11. The lowest BCUT2D eigenvalue weighted by Crippen LogP contribution is -2.52. The van der Waals surface area contributed by atoms with Crippen molar-refractivity contribution in [2.24, 2.45) is 5.92 Å². The highest BCUT2D eigenvalue weighted by atomic mass is 16.8. The van der Waals surface area contributed by atoms with Crippen molar-refractivity contribution in [2.45, 2.75) is 48.0 Å². The van der Waals surface area contributed by atoms with Crippen molar-refractivity contribution in [1.82, 2.24) is 0 Å². The third kappa shape index (κ3) is 5.10. The van der Waals surface area contributed by atoms with E-state index in [-0.39, 0.29) is 29.4 Å². The molecule has 0 spiro atoms. The van der Waals surface area contributed by atoms with Crippen LogP contribution in [0.4, 0.5) is 0 Å². The number of ether oxygens (including phenoxy) is 8. The second-order valence-corrected chi connectivity index (χ2v) is 11.6. The highest BCUT2D eigenvalue weighted by Crippen LogP contribution is 2.70. The van der Waals surface area contributed by atoms with Crippen LogP contribution in [0.3, 0.4) is 0 Å². The summed E-state index contributed by atoms with van der Waals surface area (Å²) in [6, 6.07) is 18.8. The van der Waals surface area contributed by atoms with E-state index >= 15 is 0 Å². The zero-order valence-corrected chi connectivity index (χ0v) is 26.3. The molecule has 6 rings (SSSR count). The van der Waals surface area contributed by atoms with Gasteiger partial charge >= 0.3 is 5.97 Å². The Morgan fingerprint density at radius 1 is 0.979 bits per heavy atom. The molecule has 9 atom stereocenters. The molecule has 13 heteroatoms. The molecule has 1 saturated heterocycles. The lowest BCUT2D eigenvalue weighted by molar-refractivity contribution is -0.324. The van der Waals surface area contributed by atoms with Crippen LogP contribution >= 0.6 is 0 Å². The van der Waals surface area contributed by atoms with Crippen molar-refractivity contribution < 1.29 is 63.1 Å². The number of hydrogen-bond acceptors (Lipinski definition) is 13. The minimum absolute atomic E-state index is 0.0474. The molecule has 2 aliphatic heterocycles. The number of aliphatic hydroxyl groups excluding tert-OH is 3. The molecular weight excluding hydrogens is 616 g/mol. The maximum Gasteiger partial charge on any atom is 0.312 e. The van der Waals surface area contributed by atoms with Crippen molar-refractivity contribution in [3.63, 3.8) is 0 Å². The zero-order valence-electron chi connectivity index (χ0n) is 26.3. The number of rotatable bonds is 10. The molecule has 1 saturated carbocycles. The summed E-state index contributed by atoms with van der Waals surface area (Å²) in [5.74, 6) is -2.05. The topological polar surface area (TPSA) is 172 Å². The standard InChI is InChI=1S/C34H38O13/c1-40-20-12-10-19(11-13-20)34-27(18-8-6-5-7-9-18)26(30(38)42-3)29(37)33(34,39)28-23(41-2)14-21(15-24(28)47-34)45-32-31(43-4)44-17-25(46-32)22(36)16-35/h5-15,22,25-27,29,31-32,35-37,39H,16-17H2,1-4H3/t22?,25?,26-,27-,29-,31-,32-,33+,34+/m1/s1. The van der Waals surface area contributed by atoms with Gasteiger partial charge in [-0.15, -0.1) is 0 Å². The molecular formula is C34H38O13. The number of aliphatic hydroxyl groups is 4. The Morgan fingerprint density at radius 2 is 1.70 bits per heavy atom. The van der Waals surface area contributed by atoms with Gasteiger partial charge < -0.3 is 58.3 Å². The molecule has 3 aromatic carbocycles. The van der Waals surface area contributed by atoms with Gasteiger partial charge in [0.05, 0.1) is 46.0 Å². The van der Waals surface area contributed by atoms with Crippen LogP contribution in [0.5, 0.6) is 23.0 Å². The predicted octanol–water partition coefficient (Wildman–Crippen LogP) is 1.57. The van der Waals surface area contributed by atoms with Crippen molar-refractivity contribution >= 4 is 5.97 Å². The van der Waals surface area contributed by atoms with Gasteiger partial charge in [-0.3, -0.25) is 4.79 Å². The number of fused-ring (bicyclic) bond motifs is 3. The van der Waals surface area contributed by atoms with Crippen LogP contribution in [0.2, 0.25) is 0 Å². The van der Waals surface area contributed by atoms with Crippen LogP contribution in [0.15, 0.2) is 66.7 Å². The molecule has 0 aromatic heterocycles. The second kappa shape index (κ2) is 12.9. The summed E-state index contributed by atoms with van der Waals surface area (Å²) in [6.45, 7) is -0.601. The first-order valence-corrected chi connectivity index (χ1v) is 15.0. The quantitative estimate of drug-likeness (QED) is 0.233. The summed E-state index contributed by atoms with van der Waals surface area (Å²) in [5.41, 5.74) is -2.88. The van der Waals surface area contributed by atoms with Crippen LogP contribution in [-0.2, 0) is 34.9 Å². The van der Waals surface area contributed by atoms with Crippen molar-refractivity contribution in [3.05, 3.63) is 83.4 Å². The molecule has 2 fully saturated rings. The Labute approximate surface area is 271 Å². The zero-order chi connectivity index (χ0) is 33.5. The van der Waals surface area contributed by atoms with Gasteiger partial charge in [0.1, 0.15) is 41.3 Å². The smallest absolute Gasteiger partial charge is 0.312 e. The minimum Gasteiger partial charge on any atom is -0.497 e. The molecule has 4 N–H and O–H groups in total. The van der Waals surface area contributed by atoms with E-state index in [0.29, 0.717) is 16.9 Å². The third-order valence-corrected chi connectivity index (χ3v) is 9.25. The van der Waals surface area contributed by atoms with Gasteiger partial charge in [0, 0.05) is 25.2 Å². The Kier molecular flexibility index (Phi) is 9.06. The van der Waals surface area contributed by atoms with E-state index in [4.69, 9.17) is 37.9 Å². The molecule has 0 radical (unpaired) electrons. The lowest BCUT2D eigenvalue weighted by Gasteiger charge is -2.40. The number of carbonyl (C=O) groups is 1. The van der Waals surface area contributed by atoms with E-state index in [0.717, 1.165) is 0 Å². The van der Waals surface area contributed by atoms with Crippen molar-refractivity contribution in [1.29, 1.82) is 0 Å². The van der Waals surface area contributed by atoms with Crippen molar-refractivity contribution in [2.75, 3.05) is 41.7 Å². The van der Waals surface area contributed by atoms with Gasteiger partial charge in [-0.05, 0) is 23.3 Å². The number of benzene rings is 3. The summed E-state index contributed by atoms with van der Waals surface area (Å²) in [4.78, 5) is 13.5. The number of esters is 1. The molecule has 2 unspecified atom stereocenters. The molecule has 252 valence electrons. The predicted molar refractivity (Wildman–Crippen MR) is 162 cm³/mol. The molecule has 3 aromatic rings. The number of carbonyl (C=O) groups excluding carboxylic acids is 1. The summed E-state index contributed by atoms with van der Waals surface area (Å²) in [5, 5.41) is 44.7. The van der Waals surface area contributed by atoms with E-state index < -0.39 is 66.5 Å². The van der Waals surface area contributed by atoms with Gasteiger partial charge in [0.2, 0.25) is 6.29 Å². The van der Waals surface area contributed by atoms with Gasteiger partial charge in [-0.2, -0.15) is 0 Å². The molecule has 0 amide bonds. The average molecular weight is 655 g/mol. The number of hydrogen-bond donors (Lipinski definition) is 4. The SMILES string of the molecule is COC(=O)[C@H]1[C@@H](O)[C@@]2(O)c3c(OC)cc(O[C@@H]4OC(C(O)CO)CO[C@H]4OC)cc3O[C@@]2(c2ccc(OC)cc2)[C@@H]1c1ccccc1. The molecule has 13 nitrogen and oxygen atoms in total. The summed E-state index contributed by atoms with van der Waals surface area (Å²) in [7, 11) is 5.54. The lowest BCUT2D eigenvalue weighted by atomic mass is 9.70. The minimum atomic E-state index is -2.25. The van der Waals surface area contributed by atoms with Gasteiger partial charge in [-0.25, -0.2) is 0 Å².